The van der Waals surface area contributed by atoms with E-state index in [2.05, 4.69) is 49.3 Å². The number of fused-ring (bicyclic) bond motifs is 1. The lowest BCUT2D eigenvalue weighted by Crippen LogP contribution is -2.27. The van der Waals surface area contributed by atoms with Crippen LogP contribution in [0.1, 0.15) is 5.56 Å². The van der Waals surface area contributed by atoms with E-state index in [9.17, 15) is 9.59 Å². The Labute approximate surface area is 251 Å². The van der Waals surface area contributed by atoms with E-state index in [1.54, 1.807) is 27.6 Å². The molecule has 0 spiro atoms. The molecule has 4 aromatic rings. The van der Waals surface area contributed by atoms with Gasteiger partial charge in [0.05, 0.1) is 22.5 Å². The van der Waals surface area contributed by atoms with Gasteiger partial charge in [0.2, 0.25) is 11.9 Å². The van der Waals surface area contributed by atoms with Crippen LogP contribution in [0.4, 0.5) is 21.9 Å². The number of halogens is 3. The maximum Gasteiger partial charge on any atom is 0.333 e. The van der Waals surface area contributed by atoms with Gasteiger partial charge in [-0.3, -0.25) is 9.36 Å². The SMILES string of the molecule is Cc1cccc2c1nc(-n1ccc(NC(=O)CS(C)(C)I)c1)n2C(=O)Nc1ccc(N(CCCl)CCCl)cc1. The number of hydrogen-bond donors (Lipinski definition) is 2. The van der Waals surface area contributed by atoms with Crippen LogP contribution in [-0.4, -0.2) is 69.2 Å². The molecule has 0 saturated heterocycles. The molecule has 0 bridgehead atoms. The molecule has 0 aliphatic heterocycles. The smallest absolute Gasteiger partial charge is 0.333 e. The Morgan fingerprint density at radius 2 is 1.69 bits per heavy atom. The van der Waals surface area contributed by atoms with Crippen molar-refractivity contribution in [2.45, 2.75) is 6.92 Å². The standard InChI is InChI=1S/C27H31Cl2IN6O2S/c1-19-5-4-6-23-25(19)33-26(35-14-11-21(17-35)31-24(37)18-39(2,3)30)36(23)27(38)32-20-7-9-22(10-8-20)34(15-12-28)16-13-29/h4-11,14,17H,12-13,15-16,18H2,1-3H3,(H,31,37)(H,32,38). The van der Waals surface area contributed by atoms with Crippen LogP contribution in [0.3, 0.4) is 0 Å². The molecule has 0 unspecified atom stereocenters. The molecule has 2 aromatic heterocycles. The Morgan fingerprint density at radius 1 is 1.00 bits per heavy atom. The van der Waals surface area contributed by atoms with E-state index < -0.39 is 7.20 Å². The summed E-state index contributed by atoms with van der Waals surface area (Å²) in [6.45, 7) is 3.32. The summed E-state index contributed by atoms with van der Waals surface area (Å²) in [5.41, 5.74) is 4.63. The van der Waals surface area contributed by atoms with Crippen molar-refractivity contribution in [1.82, 2.24) is 14.1 Å². The number of carbonyl (C=O) groups is 2. The summed E-state index contributed by atoms with van der Waals surface area (Å²) >= 11 is 14.2. The minimum Gasteiger partial charge on any atom is -0.369 e. The highest BCUT2D eigenvalue weighted by Crippen LogP contribution is 2.48. The topological polar surface area (TPSA) is 84.2 Å². The lowest BCUT2D eigenvalue weighted by atomic mass is 10.2. The molecule has 0 radical (unpaired) electrons. The highest BCUT2D eigenvalue weighted by molar-refractivity contribution is 14.2. The van der Waals surface area contributed by atoms with Crippen LogP contribution in [0.25, 0.3) is 17.0 Å². The van der Waals surface area contributed by atoms with Crippen molar-refractivity contribution in [3.05, 3.63) is 66.5 Å². The zero-order chi connectivity index (χ0) is 28.2. The Bertz CT molecular complexity index is 1460. The van der Waals surface area contributed by atoms with E-state index in [0.29, 0.717) is 53.4 Å². The largest absolute Gasteiger partial charge is 0.369 e. The molecule has 2 amide bonds. The van der Waals surface area contributed by atoms with Crippen molar-refractivity contribution in [2.24, 2.45) is 0 Å². The first kappa shape index (κ1) is 29.6. The van der Waals surface area contributed by atoms with Gasteiger partial charge in [0.25, 0.3) is 0 Å². The van der Waals surface area contributed by atoms with Gasteiger partial charge >= 0.3 is 6.03 Å². The van der Waals surface area contributed by atoms with E-state index in [-0.39, 0.29) is 11.9 Å². The maximum absolute atomic E-state index is 13.6. The molecule has 2 heterocycles. The van der Waals surface area contributed by atoms with Crippen LogP contribution < -0.4 is 15.5 Å². The molecule has 0 fully saturated rings. The van der Waals surface area contributed by atoms with Gasteiger partial charge in [-0.2, -0.15) is 7.20 Å². The lowest BCUT2D eigenvalue weighted by molar-refractivity contribution is -0.113. The van der Waals surface area contributed by atoms with Gasteiger partial charge in [-0.05, 0) is 82.6 Å². The van der Waals surface area contributed by atoms with E-state index >= 15 is 0 Å². The van der Waals surface area contributed by atoms with Crippen LogP contribution >= 0.6 is 51.6 Å². The van der Waals surface area contributed by atoms with Crippen LogP contribution in [-0.2, 0) is 4.79 Å². The Hall–Kier alpha value is -2.41. The molecule has 0 aliphatic carbocycles. The number of amides is 2. The maximum atomic E-state index is 13.6. The number of rotatable bonds is 10. The van der Waals surface area contributed by atoms with Crippen LogP contribution in [0.2, 0.25) is 0 Å². The molecular weight excluding hydrogens is 670 g/mol. The van der Waals surface area contributed by atoms with Gasteiger partial charge in [0.15, 0.2) is 0 Å². The van der Waals surface area contributed by atoms with Gasteiger partial charge < -0.3 is 15.5 Å². The van der Waals surface area contributed by atoms with Crippen molar-refractivity contribution >= 4 is 91.6 Å². The average Bonchev–Trinajstić information content (AvgIpc) is 3.48. The zero-order valence-electron chi connectivity index (χ0n) is 22.0. The number of imidazole rings is 1. The van der Waals surface area contributed by atoms with E-state index in [1.165, 1.54) is 0 Å². The lowest BCUT2D eigenvalue weighted by Gasteiger charge is -2.23. The second-order valence-corrected chi connectivity index (χ2v) is 20.4. The third-order valence-corrected chi connectivity index (χ3v) is 8.17. The van der Waals surface area contributed by atoms with Crippen molar-refractivity contribution in [2.75, 3.05) is 58.6 Å². The summed E-state index contributed by atoms with van der Waals surface area (Å²) in [5, 5.41) is 5.95. The van der Waals surface area contributed by atoms with E-state index in [0.717, 1.165) is 16.8 Å². The van der Waals surface area contributed by atoms with Crippen molar-refractivity contribution in [3.63, 3.8) is 0 Å². The number of hydrogen-bond acceptors (Lipinski definition) is 4. The number of alkyl halides is 2. The minimum atomic E-state index is -1.00. The fourth-order valence-electron chi connectivity index (χ4n) is 4.21. The summed E-state index contributed by atoms with van der Waals surface area (Å²) in [7, 11) is -1.00. The number of aryl methyl sites for hydroxylation is 1. The van der Waals surface area contributed by atoms with Gasteiger partial charge in [0, 0.05) is 48.6 Å². The predicted molar refractivity (Wildman–Crippen MR) is 175 cm³/mol. The van der Waals surface area contributed by atoms with Gasteiger partial charge in [-0.25, -0.2) is 14.3 Å². The normalized spacial score (nSPS) is 11.9. The van der Waals surface area contributed by atoms with Gasteiger partial charge in [-0.1, -0.05) is 12.1 Å². The third-order valence-electron chi connectivity index (χ3n) is 5.95. The molecule has 0 atom stereocenters. The summed E-state index contributed by atoms with van der Waals surface area (Å²) in [6.07, 6.45) is 7.73. The number of anilines is 3. The third kappa shape index (κ3) is 7.41. The molecule has 8 nitrogen and oxygen atoms in total. The number of nitrogens with one attached hydrogen (secondary N) is 2. The van der Waals surface area contributed by atoms with Crippen molar-refractivity contribution in [3.8, 4) is 5.95 Å². The number of nitrogens with zero attached hydrogens (tertiary/aromatic N) is 4. The zero-order valence-corrected chi connectivity index (χ0v) is 26.4. The molecule has 4 rings (SSSR count). The molecule has 208 valence electrons. The highest BCUT2D eigenvalue weighted by atomic mass is 127. The molecule has 2 N–H and O–H groups in total. The number of benzene rings is 2. The highest BCUT2D eigenvalue weighted by Gasteiger charge is 2.20. The molecule has 39 heavy (non-hydrogen) atoms. The van der Waals surface area contributed by atoms with Crippen molar-refractivity contribution < 1.29 is 9.59 Å². The first-order valence-corrected chi connectivity index (χ1v) is 18.5. The summed E-state index contributed by atoms with van der Waals surface area (Å²) in [4.78, 5) is 33.0. The van der Waals surface area contributed by atoms with Gasteiger partial charge in [-0.15, -0.1) is 23.2 Å². The van der Waals surface area contributed by atoms with Crippen LogP contribution in [0.5, 0.6) is 0 Å². The number of aromatic nitrogens is 3. The fraction of sp³-hybridized carbons (Fsp3) is 0.296. The summed E-state index contributed by atoms with van der Waals surface area (Å²) in [6, 6.07) is 14.8. The molecule has 0 aliphatic rings. The van der Waals surface area contributed by atoms with Gasteiger partial charge in [0.1, 0.15) is 0 Å². The average molecular weight is 701 g/mol. The summed E-state index contributed by atoms with van der Waals surface area (Å²) in [5.74, 6) is 1.83. The monoisotopic (exact) mass is 700 g/mol. The summed E-state index contributed by atoms with van der Waals surface area (Å²) < 4.78 is 3.29. The van der Waals surface area contributed by atoms with Crippen LogP contribution in [0, 0.1) is 6.92 Å². The van der Waals surface area contributed by atoms with Crippen molar-refractivity contribution in [1.29, 1.82) is 0 Å². The molecule has 2 aromatic carbocycles. The predicted octanol–water partition coefficient (Wildman–Crippen LogP) is 6.85. The second kappa shape index (κ2) is 12.8. The Kier molecular flexibility index (Phi) is 9.73. The molecular formula is C27H31Cl2IN6O2S. The fourth-order valence-corrected chi connectivity index (χ4v) is 6.17. The van der Waals surface area contributed by atoms with E-state index in [4.69, 9.17) is 28.2 Å². The minimum absolute atomic E-state index is 0.0386. The quantitative estimate of drug-likeness (QED) is 0.140. The van der Waals surface area contributed by atoms with Crippen LogP contribution in [0.15, 0.2) is 60.9 Å². The number of carbonyl (C=O) groups excluding carboxylic acids is 2. The number of para-hydroxylation sites is 1. The Balaban J connectivity index is 1.62. The van der Waals surface area contributed by atoms with E-state index in [1.807, 2.05) is 49.4 Å². The first-order chi connectivity index (χ1) is 18.6. The molecule has 12 heteroatoms. The Morgan fingerprint density at radius 3 is 2.33 bits per heavy atom. The first-order valence-electron chi connectivity index (χ1n) is 12.2. The second-order valence-electron chi connectivity index (χ2n) is 9.44. The molecule has 0 saturated carbocycles.